The molecule has 1 heteroatoms. The molecule has 1 nitrogen and oxygen atoms in total. The summed E-state index contributed by atoms with van der Waals surface area (Å²) >= 11 is 0. The molecule has 0 saturated heterocycles. The molecule has 2 rings (SSSR count). The molecule has 2 aromatic carbocycles. The van der Waals surface area contributed by atoms with Crippen LogP contribution in [0.15, 0.2) is 54.6 Å². The second-order valence-corrected chi connectivity index (χ2v) is 4.53. The lowest BCUT2D eigenvalue weighted by Gasteiger charge is -2.11. The van der Waals surface area contributed by atoms with Crippen LogP contribution in [0.5, 0.6) is 0 Å². The maximum atomic E-state index is 11.2. The second kappa shape index (κ2) is 6.15. The van der Waals surface area contributed by atoms with Crippen LogP contribution in [0.2, 0.25) is 0 Å². The van der Waals surface area contributed by atoms with Gasteiger partial charge >= 0.3 is 0 Å². The van der Waals surface area contributed by atoms with Crippen molar-refractivity contribution in [2.24, 2.45) is 0 Å². The fourth-order valence-electron chi connectivity index (χ4n) is 2.11. The SMILES string of the molecule is CCc1ccc(CC(C=O)c2ccccc2)cc1. The van der Waals surface area contributed by atoms with Crippen molar-refractivity contribution in [1.82, 2.24) is 0 Å². The second-order valence-electron chi connectivity index (χ2n) is 4.53. The van der Waals surface area contributed by atoms with Crippen molar-refractivity contribution >= 4 is 6.29 Å². The summed E-state index contributed by atoms with van der Waals surface area (Å²) in [5.74, 6) is -0.0429. The van der Waals surface area contributed by atoms with Gasteiger partial charge in [0.25, 0.3) is 0 Å². The predicted molar refractivity (Wildman–Crippen MR) is 74.8 cm³/mol. The van der Waals surface area contributed by atoms with Gasteiger partial charge in [-0.05, 0) is 29.5 Å². The molecule has 0 amide bonds. The zero-order chi connectivity index (χ0) is 12.8. The van der Waals surface area contributed by atoms with Gasteiger partial charge in [-0.2, -0.15) is 0 Å². The van der Waals surface area contributed by atoms with Gasteiger partial charge in [-0.3, -0.25) is 0 Å². The Labute approximate surface area is 108 Å². The van der Waals surface area contributed by atoms with Crippen LogP contribution in [0.3, 0.4) is 0 Å². The predicted octanol–water partition coefficient (Wildman–Crippen LogP) is 3.77. The highest BCUT2D eigenvalue weighted by atomic mass is 16.1. The van der Waals surface area contributed by atoms with E-state index in [1.807, 2.05) is 30.3 Å². The minimum Gasteiger partial charge on any atom is -0.303 e. The largest absolute Gasteiger partial charge is 0.303 e. The first kappa shape index (κ1) is 12.6. The van der Waals surface area contributed by atoms with Crippen molar-refractivity contribution in [3.05, 3.63) is 71.3 Å². The van der Waals surface area contributed by atoms with Gasteiger partial charge in [0.1, 0.15) is 6.29 Å². The Morgan fingerprint density at radius 3 is 2.11 bits per heavy atom. The summed E-state index contributed by atoms with van der Waals surface area (Å²) in [6.45, 7) is 2.15. The van der Waals surface area contributed by atoms with E-state index >= 15 is 0 Å². The average Bonchev–Trinajstić information content (AvgIpc) is 2.46. The Morgan fingerprint density at radius 1 is 0.944 bits per heavy atom. The Balaban J connectivity index is 2.13. The summed E-state index contributed by atoms with van der Waals surface area (Å²) in [4.78, 5) is 11.2. The maximum absolute atomic E-state index is 11.2. The fourth-order valence-corrected chi connectivity index (χ4v) is 2.11. The lowest BCUT2D eigenvalue weighted by molar-refractivity contribution is -0.109. The number of carbonyl (C=O) groups excluding carboxylic acids is 1. The van der Waals surface area contributed by atoms with E-state index in [0.717, 1.165) is 24.7 Å². The van der Waals surface area contributed by atoms with Crippen LogP contribution in [0, 0.1) is 0 Å². The topological polar surface area (TPSA) is 17.1 Å². The van der Waals surface area contributed by atoms with E-state index in [1.165, 1.54) is 11.1 Å². The summed E-state index contributed by atoms with van der Waals surface area (Å²) in [6, 6.07) is 18.5. The number of aryl methyl sites for hydroxylation is 1. The number of hydrogen-bond acceptors (Lipinski definition) is 1. The third-order valence-electron chi connectivity index (χ3n) is 3.28. The molecule has 92 valence electrons. The molecule has 0 heterocycles. The first-order chi connectivity index (χ1) is 8.83. The summed E-state index contributed by atoms with van der Waals surface area (Å²) in [7, 11) is 0. The number of carbonyl (C=O) groups is 1. The lowest BCUT2D eigenvalue weighted by atomic mass is 9.93. The van der Waals surface area contributed by atoms with Crippen molar-refractivity contribution in [2.45, 2.75) is 25.7 Å². The van der Waals surface area contributed by atoms with E-state index in [-0.39, 0.29) is 5.92 Å². The molecule has 0 fully saturated rings. The summed E-state index contributed by atoms with van der Waals surface area (Å²) in [5, 5.41) is 0. The van der Waals surface area contributed by atoms with Crippen LogP contribution in [0.4, 0.5) is 0 Å². The molecule has 0 saturated carbocycles. The smallest absolute Gasteiger partial charge is 0.127 e. The molecule has 1 atom stereocenters. The first-order valence-corrected chi connectivity index (χ1v) is 6.41. The van der Waals surface area contributed by atoms with Crippen LogP contribution >= 0.6 is 0 Å². The molecule has 2 aromatic rings. The molecular formula is C17H18O. The lowest BCUT2D eigenvalue weighted by Crippen LogP contribution is -2.04. The van der Waals surface area contributed by atoms with E-state index in [0.29, 0.717) is 0 Å². The van der Waals surface area contributed by atoms with Crippen LogP contribution in [0.25, 0.3) is 0 Å². The number of rotatable bonds is 5. The monoisotopic (exact) mass is 238 g/mol. The minimum absolute atomic E-state index is 0.0429. The van der Waals surface area contributed by atoms with Gasteiger partial charge in [-0.1, -0.05) is 61.5 Å². The highest BCUT2D eigenvalue weighted by Crippen LogP contribution is 2.19. The summed E-state index contributed by atoms with van der Waals surface area (Å²) in [6.07, 6.45) is 2.87. The molecule has 0 radical (unpaired) electrons. The molecule has 0 spiro atoms. The average molecular weight is 238 g/mol. The highest BCUT2D eigenvalue weighted by molar-refractivity contribution is 5.62. The fraction of sp³-hybridized carbons (Fsp3) is 0.235. The molecule has 0 aromatic heterocycles. The van der Waals surface area contributed by atoms with Gasteiger partial charge < -0.3 is 4.79 Å². The van der Waals surface area contributed by atoms with E-state index in [1.54, 1.807) is 0 Å². The summed E-state index contributed by atoms with van der Waals surface area (Å²) < 4.78 is 0. The van der Waals surface area contributed by atoms with Crippen LogP contribution < -0.4 is 0 Å². The minimum atomic E-state index is -0.0429. The standard InChI is InChI=1S/C17H18O/c1-2-14-8-10-15(11-9-14)12-17(13-18)16-6-4-3-5-7-16/h3-11,13,17H,2,12H2,1H3. The van der Waals surface area contributed by atoms with E-state index < -0.39 is 0 Å². The van der Waals surface area contributed by atoms with E-state index in [9.17, 15) is 4.79 Å². The van der Waals surface area contributed by atoms with Crippen molar-refractivity contribution in [2.75, 3.05) is 0 Å². The van der Waals surface area contributed by atoms with Gasteiger partial charge in [0, 0.05) is 5.92 Å². The third-order valence-corrected chi connectivity index (χ3v) is 3.28. The first-order valence-electron chi connectivity index (χ1n) is 6.41. The number of benzene rings is 2. The third kappa shape index (κ3) is 3.07. The van der Waals surface area contributed by atoms with Crippen LogP contribution in [0.1, 0.15) is 29.5 Å². The van der Waals surface area contributed by atoms with Gasteiger partial charge in [0.15, 0.2) is 0 Å². The Kier molecular flexibility index (Phi) is 4.30. The molecule has 0 N–H and O–H groups in total. The van der Waals surface area contributed by atoms with E-state index in [2.05, 4.69) is 31.2 Å². The van der Waals surface area contributed by atoms with Crippen molar-refractivity contribution in [3.63, 3.8) is 0 Å². The number of hydrogen-bond donors (Lipinski definition) is 0. The molecule has 0 aliphatic heterocycles. The van der Waals surface area contributed by atoms with Crippen LogP contribution in [-0.4, -0.2) is 6.29 Å². The zero-order valence-corrected chi connectivity index (χ0v) is 10.7. The van der Waals surface area contributed by atoms with Crippen molar-refractivity contribution < 1.29 is 4.79 Å². The van der Waals surface area contributed by atoms with Crippen molar-refractivity contribution in [1.29, 1.82) is 0 Å². The molecule has 18 heavy (non-hydrogen) atoms. The van der Waals surface area contributed by atoms with E-state index in [4.69, 9.17) is 0 Å². The van der Waals surface area contributed by atoms with Gasteiger partial charge in [-0.25, -0.2) is 0 Å². The molecular weight excluding hydrogens is 220 g/mol. The molecule has 0 aliphatic rings. The number of aldehydes is 1. The Morgan fingerprint density at radius 2 is 1.56 bits per heavy atom. The maximum Gasteiger partial charge on any atom is 0.127 e. The van der Waals surface area contributed by atoms with Crippen LogP contribution in [-0.2, 0) is 17.6 Å². The highest BCUT2D eigenvalue weighted by Gasteiger charge is 2.10. The molecule has 0 aliphatic carbocycles. The summed E-state index contributed by atoms with van der Waals surface area (Å²) in [5.41, 5.74) is 3.64. The normalized spacial score (nSPS) is 12.1. The molecule has 0 bridgehead atoms. The molecule has 1 unspecified atom stereocenters. The van der Waals surface area contributed by atoms with Gasteiger partial charge in [0.2, 0.25) is 0 Å². The zero-order valence-electron chi connectivity index (χ0n) is 10.7. The van der Waals surface area contributed by atoms with Gasteiger partial charge in [0.05, 0.1) is 0 Å². The van der Waals surface area contributed by atoms with Gasteiger partial charge in [-0.15, -0.1) is 0 Å². The Bertz CT molecular complexity index is 485. The van der Waals surface area contributed by atoms with Crippen molar-refractivity contribution in [3.8, 4) is 0 Å². The Hall–Kier alpha value is -1.89. The quantitative estimate of drug-likeness (QED) is 0.725.